The van der Waals surface area contributed by atoms with Crippen LogP contribution in [0.4, 0.5) is 0 Å². The Bertz CT molecular complexity index is 3.25. The Morgan fingerprint density at radius 2 is 1.25 bits per heavy atom. The first-order valence-electron chi connectivity index (χ1n) is 0.707. The van der Waals surface area contributed by atoms with E-state index in [1.807, 2.05) is 0 Å². The van der Waals surface area contributed by atoms with E-state index in [4.69, 9.17) is 0 Å². The molecular weight excluding hydrogens is 132 g/mol. The van der Waals surface area contributed by atoms with E-state index in [-0.39, 0.29) is 28.5 Å². The van der Waals surface area contributed by atoms with Gasteiger partial charge in [-0.3, -0.25) is 0 Å². The summed E-state index contributed by atoms with van der Waals surface area (Å²) in [6.07, 6.45) is 0. The maximum atomic E-state index is 3.25. The fourth-order valence-electron chi connectivity index (χ4n) is 0. The van der Waals surface area contributed by atoms with Crippen LogP contribution in [0.5, 0.6) is 0 Å². The van der Waals surface area contributed by atoms with Crippen molar-refractivity contribution < 1.29 is 21.1 Å². The molecule has 0 saturated carbocycles. The van der Waals surface area contributed by atoms with Gasteiger partial charge in [-0.1, -0.05) is 0 Å². The summed E-state index contributed by atoms with van der Waals surface area (Å²) in [7, 11) is 0. The number of hydrogen-bond donors (Lipinski definition) is 0. The molecule has 0 aliphatic heterocycles. The van der Waals surface area contributed by atoms with Crippen molar-refractivity contribution in [1.82, 2.24) is 0 Å². The van der Waals surface area contributed by atoms with Crippen molar-refractivity contribution in [3.8, 4) is 0 Å². The molecule has 0 heterocycles. The molecule has 0 aromatic heterocycles. The van der Waals surface area contributed by atoms with Gasteiger partial charge in [0.15, 0.2) is 0 Å². The second-order valence-corrected chi connectivity index (χ2v) is 0. The minimum absolute atomic E-state index is 0. The Hall–Kier alpha value is 0.688. The van der Waals surface area contributed by atoms with Crippen molar-refractivity contribution in [3.05, 3.63) is 14.4 Å². The van der Waals surface area contributed by atoms with Crippen LogP contribution in [0, 0.1) is 14.4 Å². The summed E-state index contributed by atoms with van der Waals surface area (Å²) in [6, 6.07) is 0. The van der Waals surface area contributed by atoms with Crippen LogP contribution in [0.3, 0.4) is 0 Å². The monoisotopic (exact) mass is 142 g/mol. The first-order chi connectivity index (χ1) is 1.00. The Morgan fingerprint density at radius 3 is 1.25 bits per heavy atom. The van der Waals surface area contributed by atoms with Gasteiger partial charge in [0.25, 0.3) is 0 Å². The standard InChI is InChI=1S/C2H5.CH3.Mo/c1-2;;/h1H2,2H3;1H3;/q2*-1;+2. The topological polar surface area (TPSA) is 0 Å². The maximum Gasteiger partial charge on any atom is 2.00 e. The van der Waals surface area contributed by atoms with E-state index < -0.39 is 0 Å². The van der Waals surface area contributed by atoms with E-state index in [2.05, 4.69) is 6.92 Å². The Kier molecular flexibility index (Phi) is 315. The Labute approximate surface area is 42.9 Å². The molecule has 0 aliphatic carbocycles. The van der Waals surface area contributed by atoms with Gasteiger partial charge >= 0.3 is 21.1 Å². The fraction of sp³-hybridized carbons (Fsp3) is 0.333. The average Bonchev–Trinajstić information content (AvgIpc) is 1.00. The predicted octanol–water partition coefficient (Wildman–Crippen LogP) is 1.29. The minimum Gasteiger partial charge on any atom is -0.358 e. The average molecular weight is 140 g/mol. The summed E-state index contributed by atoms with van der Waals surface area (Å²) in [4.78, 5) is 0. The number of hydrogen-bond acceptors (Lipinski definition) is 0. The molecule has 0 fully saturated rings. The normalized spacial score (nSPS) is 1.50. The third kappa shape index (κ3) is 16.2. The Morgan fingerprint density at radius 1 is 1.25 bits per heavy atom. The van der Waals surface area contributed by atoms with E-state index in [1.165, 1.54) is 0 Å². The van der Waals surface area contributed by atoms with Crippen LogP contribution < -0.4 is 0 Å². The predicted molar refractivity (Wildman–Crippen MR) is 17.4 cm³/mol. The largest absolute Gasteiger partial charge is 2.00 e. The summed E-state index contributed by atoms with van der Waals surface area (Å²) in [5, 5.41) is 0. The summed E-state index contributed by atoms with van der Waals surface area (Å²) >= 11 is 0. The minimum atomic E-state index is 0. The van der Waals surface area contributed by atoms with Gasteiger partial charge in [-0.05, 0) is 0 Å². The van der Waals surface area contributed by atoms with Crippen LogP contribution in [0.15, 0.2) is 0 Å². The van der Waals surface area contributed by atoms with Crippen molar-refractivity contribution in [2.45, 2.75) is 6.92 Å². The third-order valence-corrected chi connectivity index (χ3v) is 0. The molecule has 0 spiro atoms. The third-order valence-electron chi connectivity index (χ3n) is 0. The van der Waals surface area contributed by atoms with Gasteiger partial charge in [0, 0.05) is 0 Å². The summed E-state index contributed by atoms with van der Waals surface area (Å²) in [5.74, 6) is 0. The van der Waals surface area contributed by atoms with Crippen LogP contribution in [-0.2, 0) is 21.1 Å². The zero-order valence-corrected chi connectivity index (χ0v) is 5.12. The first kappa shape index (κ1) is 22.4. The van der Waals surface area contributed by atoms with Gasteiger partial charge in [0.05, 0.1) is 0 Å². The molecule has 0 N–H and O–H groups in total. The van der Waals surface area contributed by atoms with Gasteiger partial charge in [-0.25, -0.2) is 0 Å². The van der Waals surface area contributed by atoms with E-state index in [0.29, 0.717) is 0 Å². The molecule has 1 heteroatoms. The molecule has 0 rings (SSSR count). The van der Waals surface area contributed by atoms with Crippen molar-refractivity contribution in [2.75, 3.05) is 0 Å². The van der Waals surface area contributed by atoms with E-state index >= 15 is 0 Å². The Balaban J connectivity index is -0.00000000500. The molecule has 0 atom stereocenters. The molecule has 0 amide bonds. The maximum absolute atomic E-state index is 3.25. The fourth-order valence-corrected chi connectivity index (χ4v) is 0. The van der Waals surface area contributed by atoms with Crippen LogP contribution in [0.2, 0.25) is 0 Å². The van der Waals surface area contributed by atoms with Gasteiger partial charge in [0.2, 0.25) is 0 Å². The summed E-state index contributed by atoms with van der Waals surface area (Å²) < 4.78 is 0. The quantitative estimate of drug-likeness (QED) is 0.351. The van der Waals surface area contributed by atoms with Crippen LogP contribution in [-0.4, -0.2) is 0 Å². The van der Waals surface area contributed by atoms with E-state index in [9.17, 15) is 0 Å². The van der Waals surface area contributed by atoms with Gasteiger partial charge in [0.1, 0.15) is 0 Å². The van der Waals surface area contributed by atoms with E-state index in [1.54, 1.807) is 6.92 Å². The smallest absolute Gasteiger partial charge is 0.358 e. The van der Waals surface area contributed by atoms with Gasteiger partial charge < -0.3 is 14.4 Å². The molecule has 0 bridgehead atoms. The molecular formula is C3H8Mo. The molecule has 0 unspecified atom stereocenters. The SMILES string of the molecule is [CH2-]C.[CH3-].[Mo+2]. The number of rotatable bonds is 0. The van der Waals surface area contributed by atoms with E-state index in [0.717, 1.165) is 0 Å². The van der Waals surface area contributed by atoms with Crippen LogP contribution >= 0.6 is 0 Å². The molecule has 0 nitrogen and oxygen atoms in total. The van der Waals surface area contributed by atoms with Crippen molar-refractivity contribution in [2.24, 2.45) is 0 Å². The molecule has 0 radical (unpaired) electrons. The summed E-state index contributed by atoms with van der Waals surface area (Å²) in [5.41, 5.74) is 0. The van der Waals surface area contributed by atoms with Crippen LogP contribution in [0.25, 0.3) is 0 Å². The van der Waals surface area contributed by atoms with Crippen molar-refractivity contribution in [1.29, 1.82) is 0 Å². The second-order valence-electron chi connectivity index (χ2n) is 0. The molecule has 0 saturated heterocycles. The van der Waals surface area contributed by atoms with Crippen molar-refractivity contribution in [3.63, 3.8) is 0 Å². The second kappa shape index (κ2) is 56.3. The summed E-state index contributed by atoms with van der Waals surface area (Å²) in [6.45, 7) is 5.00. The van der Waals surface area contributed by atoms with Crippen molar-refractivity contribution >= 4 is 0 Å². The zero-order chi connectivity index (χ0) is 2.00. The molecule has 26 valence electrons. The first-order valence-corrected chi connectivity index (χ1v) is 0.707. The molecule has 4 heavy (non-hydrogen) atoms. The molecule has 0 aromatic rings. The van der Waals surface area contributed by atoms with Gasteiger partial charge in [-0.15, -0.1) is 0 Å². The molecule has 0 aromatic carbocycles. The zero-order valence-electron chi connectivity index (χ0n) is 3.12. The van der Waals surface area contributed by atoms with Gasteiger partial charge in [-0.2, -0.15) is 6.92 Å². The van der Waals surface area contributed by atoms with Crippen LogP contribution in [0.1, 0.15) is 6.92 Å². The molecule has 0 aliphatic rings.